The lowest BCUT2D eigenvalue weighted by Gasteiger charge is -2.11. The molecule has 0 bridgehead atoms. The minimum atomic E-state index is -4.46. The number of ether oxygens (including phenoxy) is 1. The summed E-state index contributed by atoms with van der Waals surface area (Å²) >= 11 is 0. The second kappa shape index (κ2) is 6.99. The van der Waals surface area contributed by atoms with Crippen molar-refractivity contribution in [3.8, 4) is 5.88 Å². The number of urea groups is 1. The van der Waals surface area contributed by atoms with Gasteiger partial charge in [-0.2, -0.15) is 13.2 Å². The quantitative estimate of drug-likeness (QED) is 0.905. The molecule has 0 aliphatic rings. The van der Waals surface area contributed by atoms with Gasteiger partial charge in [-0.3, -0.25) is 0 Å². The van der Waals surface area contributed by atoms with Crippen molar-refractivity contribution in [3.63, 3.8) is 0 Å². The Morgan fingerprint density at radius 1 is 1.26 bits per heavy atom. The van der Waals surface area contributed by atoms with Crippen molar-refractivity contribution in [1.29, 1.82) is 0 Å². The zero-order valence-electron chi connectivity index (χ0n) is 12.1. The van der Waals surface area contributed by atoms with Crippen LogP contribution in [0.15, 0.2) is 42.6 Å². The molecule has 5 nitrogen and oxygen atoms in total. The Morgan fingerprint density at radius 2 is 2.04 bits per heavy atom. The largest absolute Gasteiger partial charge is 0.481 e. The second-order valence-electron chi connectivity index (χ2n) is 4.60. The van der Waals surface area contributed by atoms with Crippen molar-refractivity contribution in [3.05, 3.63) is 53.7 Å². The molecule has 0 saturated heterocycles. The highest BCUT2D eigenvalue weighted by molar-refractivity contribution is 5.89. The molecule has 0 radical (unpaired) electrons. The summed E-state index contributed by atoms with van der Waals surface area (Å²) in [4.78, 5) is 15.7. The Hall–Kier alpha value is -2.77. The summed E-state index contributed by atoms with van der Waals surface area (Å²) < 4.78 is 42.7. The smallest absolute Gasteiger partial charge is 0.416 e. The van der Waals surface area contributed by atoms with Crippen LogP contribution in [0.4, 0.5) is 23.7 Å². The number of carbonyl (C=O) groups excluding carboxylic acids is 1. The zero-order chi connectivity index (χ0) is 16.9. The van der Waals surface area contributed by atoms with E-state index in [1.54, 1.807) is 12.1 Å². The molecule has 1 aromatic heterocycles. The Bertz CT molecular complexity index is 672. The Morgan fingerprint density at radius 3 is 2.65 bits per heavy atom. The topological polar surface area (TPSA) is 63.2 Å². The molecule has 2 N–H and O–H groups in total. The van der Waals surface area contributed by atoms with Gasteiger partial charge in [0.05, 0.1) is 12.7 Å². The number of nitrogens with one attached hydrogen (secondary N) is 2. The van der Waals surface area contributed by atoms with E-state index in [9.17, 15) is 18.0 Å². The number of nitrogens with zero attached hydrogens (tertiary/aromatic N) is 1. The Labute approximate surface area is 130 Å². The van der Waals surface area contributed by atoms with Crippen molar-refractivity contribution in [2.45, 2.75) is 12.7 Å². The average molecular weight is 325 g/mol. The third-order valence-corrected chi connectivity index (χ3v) is 2.91. The molecule has 0 spiro atoms. The van der Waals surface area contributed by atoms with Crippen molar-refractivity contribution in [1.82, 2.24) is 10.3 Å². The van der Waals surface area contributed by atoms with Crippen LogP contribution < -0.4 is 15.4 Å². The maximum Gasteiger partial charge on any atom is 0.416 e. The summed E-state index contributed by atoms with van der Waals surface area (Å²) in [7, 11) is 1.49. The summed E-state index contributed by atoms with van der Waals surface area (Å²) in [6, 6.07) is 7.16. The van der Waals surface area contributed by atoms with Gasteiger partial charge in [-0.15, -0.1) is 0 Å². The third-order valence-electron chi connectivity index (χ3n) is 2.91. The van der Waals surface area contributed by atoms with Crippen LogP contribution in [0.1, 0.15) is 11.1 Å². The van der Waals surface area contributed by atoms with E-state index in [1.807, 2.05) is 0 Å². The monoisotopic (exact) mass is 325 g/mol. The molecule has 122 valence electrons. The molecular formula is C15H14F3N3O2. The van der Waals surface area contributed by atoms with E-state index in [1.165, 1.54) is 25.4 Å². The number of anilines is 1. The molecule has 0 fully saturated rings. The first-order valence-corrected chi connectivity index (χ1v) is 6.59. The van der Waals surface area contributed by atoms with Gasteiger partial charge >= 0.3 is 12.2 Å². The molecule has 0 unspecified atom stereocenters. The fourth-order valence-electron chi connectivity index (χ4n) is 1.77. The van der Waals surface area contributed by atoms with Gasteiger partial charge in [0.15, 0.2) is 0 Å². The number of benzene rings is 1. The maximum absolute atomic E-state index is 12.6. The van der Waals surface area contributed by atoms with E-state index in [2.05, 4.69) is 15.6 Å². The van der Waals surface area contributed by atoms with Gasteiger partial charge in [0.1, 0.15) is 0 Å². The van der Waals surface area contributed by atoms with E-state index in [-0.39, 0.29) is 12.2 Å². The second-order valence-corrected chi connectivity index (χ2v) is 4.60. The first-order valence-electron chi connectivity index (χ1n) is 6.59. The van der Waals surface area contributed by atoms with Crippen LogP contribution in [-0.4, -0.2) is 18.1 Å². The molecule has 1 aromatic carbocycles. The normalized spacial score (nSPS) is 11.0. The molecule has 2 amide bonds. The summed E-state index contributed by atoms with van der Waals surface area (Å²) in [6.45, 7) is 0.182. The number of halogens is 3. The van der Waals surface area contributed by atoms with Crippen LogP contribution in [0.3, 0.4) is 0 Å². The molecule has 2 aromatic rings. The highest BCUT2D eigenvalue weighted by Crippen LogP contribution is 2.30. The van der Waals surface area contributed by atoms with Crippen LogP contribution in [0, 0.1) is 0 Å². The molecule has 23 heavy (non-hydrogen) atoms. The number of alkyl halides is 3. The molecule has 8 heteroatoms. The fraction of sp³-hybridized carbons (Fsp3) is 0.200. The van der Waals surface area contributed by atoms with E-state index in [4.69, 9.17) is 4.74 Å². The highest BCUT2D eigenvalue weighted by Gasteiger charge is 2.30. The van der Waals surface area contributed by atoms with Crippen molar-refractivity contribution in [2.24, 2.45) is 0 Å². The summed E-state index contributed by atoms with van der Waals surface area (Å²) in [5.41, 5.74) is -0.0372. The van der Waals surface area contributed by atoms with E-state index in [0.717, 1.165) is 17.7 Å². The zero-order valence-corrected chi connectivity index (χ0v) is 12.1. The van der Waals surface area contributed by atoms with Gasteiger partial charge in [-0.25, -0.2) is 9.78 Å². The third kappa shape index (κ3) is 4.87. The number of rotatable bonds is 4. The predicted molar refractivity (Wildman–Crippen MR) is 78.1 cm³/mol. The van der Waals surface area contributed by atoms with Crippen LogP contribution in [-0.2, 0) is 12.7 Å². The number of pyridine rings is 1. The Balaban J connectivity index is 1.91. The standard InChI is InChI=1S/C15H14F3N3O2/c1-23-13-6-5-10(8-19-13)9-20-14(22)21-12-4-2-3-11(7-12)15(16,17)18/h2-8H,9H2,1H3,(H2,20,21,22). The first kappa shape index (κ1) is 16.6. The molecule has 0 atom stereocenters. The first-order chi connectivity index (χ1) is 10.9. The van der Waals surface area contributed by atoms with Crippen molar-refractivity contribution >= 4 is 11.7 Å². The van der Waals surface area contributed by atoms with Gasteiger partial charge in [0.25, 0.3) is 0 Å². The number of aromatic nitrogens is 1. The fourth-order valence-corrected chi connectivity index (χ4v) is 1.77. The Kier molecular flexibility index (Phi) is 5.05. The number of hydrogen-bond donors (Lipinski definition) is 2. The minimum Gasteiger partial charge on any atom is -0.481 e. The van der Waals surface area contributed by atoms with Gasteiger partial charge in [0.2, 0.25) is 5.88 Å². The molecule has 0 aliphatic heterocycles. The van der Waals surface area contributed by atoms with Crippen LogP contribution >= 0.6 is 0 Å². The van der Waals surface area contributed by atoms with E-state index < -0.39 is 17.8 Å². The van der Waals surface area contributed by atoms with Gasteiger partial charge < -0.3 is 15.4 Å². The number of hydrogen-bond acceptors (Lipinski definition) is 3. The van der Waals surface area contributed by atoms with Gasteiger partial charge in [0, 0.05) is 24.5 Å². The predicted octanol–water partition coefficient (Wildman–Crippen LogP) is 3.43. The number of carbonyl (C=O) groups is 1. The van der Waals surface area contributed by atoms with Gasteiger partial charge in [-0.1, -0.05) is 12.1 Å². The van der Waals surface area contributed by atoms with Crippen molar-refractivity contribution in [2.75, 3.05) is 12.4 Å². The van der Waals surface area contributed by atoms with E-state index >= 15 is 0 Å². The molecule has 0 aliphatic carbocycles. The van der Waals surface area contributed by atoms with Crippen LogP contribution in [0.25, 0.3) is 0 Å². The van der Waals surface area contributed by atoms with Gasteiger partial charge in [-0.05, 0) is 23.8 Å². The maximum atomic E-state index is 12.6. The lowest BCUT2D eigenvalue weighted by Crippen LogP contribution is -2.28. The SMILES string of the molecule is COc1ccc(CNC(=O)Nc2cccc(C(F)(F)F)c2)cn1. The van der Waals surface area contributed by atoms with Crippen LogP contribution in [0.2, 0.25) is 0 Å². The van der Waals surface area contributed by atoms with Crippen LogP contribution in [0.5, 0.6) is 5.88 Å². The minimum absolute atomic E-state index is 0.0604. The number of amides is 2. The van der Waals surface area contributed by atoms with Crippen molar-refractivity contribution < 1.29 is 22.7 Å². The lowest BCUT2D eigenvalue weighted by molar-refractivity contribution is -0.137. The lowest BCUT2D eigenvalue weighted by atomic mass is 10.2. The summed E-state index contributed by atoms with van der Waals surface area (Å²) in [5.74, 6) is 0.446. The number of methoxy groups -OCH3 is 1. The molecule has 2 rings (SSSR count). The molecular weight excluding hydrogens is 311 g/mol. The summed E-state index contributed by atoms with van der Waals surface area (Å²) in [6.07, 6.45) is -2.92. The molecule has 1 heterocycles. The average Bonchev–Trinajstić information content (AvgIpc) is 2.53. The molecule has 0 saturated carbocycles. The highest BCUT2D eigenvalue weighted by atomic mass is 19.4. The van der Waals surface area contributed by atoms with E-state index in [0.29, 0.717) is 5.88 Å². The summed E-state index contributed by atoms with van der Waals surface area (Å²) in [5, 5.41) is 4.88.